The van der Waals surface area contributed by atoms with Crippen molar-refractivity contribution in [1.82, 2.24) is 10.2 Å². The maximum Gasteiger partial charge on any atom is 0.226 e. The predicted octanol–water partition coefficient (Wildman–Crippen LogP) is 2.33. The number of rotatable bonds is 4. The first kappa shape index (κ1) is 16.7. The molecule has 2 heterocycles. The molecule has 5 nitrogen and oxygen atoms in total. The fraction of sp³-hybridized carbons (Fsp3) is 0.650. The number of ether oxygens (including phenoxy) is 2. The molecule has 4 atom stereocenters. The van der Waals surface area contributed by atoms with Crippen molar-refractivity contribution < 1.29 is 14.3 Å². The molecule has 2 aliphatic heterocycles. The zero-order valence-corrected chi connectivity index (χ0v) is 15.4. The molecule has 3 aliphatic rings. The van der Waals surface area contributed by atoms with E-state index in [4.69, 9.17) is 9.47 Å². The molecule has 1 saturated heterocycles. The van der Waals surface area contributed by atoms with Gasteiger partial charge in [0.25, 0.3) is 0 Å². The molecule has 0 radical (unpaired) electrons. The summed E-state index contributed by atoms with van der Waals surface area (Å²) >= 11 is 0. The second-order valence-corrected chi connectivity index (χ2v) is 7.60. The molecule has 0 aromatic heterocycles. The topological polar surface area (TPSA) is 50.8 Å². The van der Waals surface area contributed by atoms with Gasteiger partial charge in [-0.05, 0) is 39.3 Å². The van der Waals surface area contributed by atoms with Gasteiger partial charge in [-0.15, -0.1) is 0 Å². The van der Waals surface area contributed by atoms with Crippen molar-refractivity contribution in [1.29, 1.82) is 0 Å². The Hall–Kier alpha value is -1.75. The van der Waals surface area contributed by atoms with Crippen molar-refractivity contribution >= 4 is 5.91 Å². The summed E-state index contributed by atoms with van der Waals surface area (Å²) in [4.78, 5) is 15.0. The highest BCUT2D eigenvalue weighted by atomic mass is 16.5. The van der Waals surface area contributed by atoms with Crippen LogP contribution in [0.15, 0.2) is 12.1 Å². The molecule has 1 saturated carbocycles. The standard InChI is InChI=1S/C20H28N2O3/c1-4-24-19-8-14-7-13(3)25-18(14)10-16(19)15-9-17(15)20(23)22-6-5-21-11-12(22)2/h8,10,12-13,15,17,21H,4-7,9,11H2,1-3H3/t12-,13?,15?,17?/m1/s1. The smallest absolute Gasteiger partial charge is 0.226 e. The van der Waals surface area contributed by atoms with Crippen LogP contribution >= 0.6 is 0 Å². The van der Waals surface area contributed by atoms with Gasteiger partial charge in [0.1, 0.15) is 17.6 Å². The van der Waals surface area contributed by atoms with Crippen molar-refractivity contribution in [3.05, 3.63) is 23.3 Å². The number of amides is 1. The van der Waals surface area contributed by atoms with Gasteiger partial charge in [0.15, 0.2) is 0 Å². The van der Waals surface area contributed by atoms with E-state index in [1.54, 1.807) is 0 Å². The van der Waals surface area contributed by atoms with Gasteiger partial charge in [-0.1, -0.05) is 0 Å². The summed E-state index contributed by atoms with van der Waals surface area (Å²) in [6.07, 6.45) is 2.07. The molecule has 0 spiro atoms. The van der Waals surface area contributed by atoms with E-state index < -0.39 is 0 Å². The summed E-state index contributed by atoms with van der Waals surface area (Å²) in [6, 6.07) is 4.53. The Morgan fingerprint density at radius 1 is 1.40 bits per heavy atom. The molecular weight excluding hydrogens is 316 g/mol. The molecule has 136 valence electrons. The second kappa shape index (κ2) is 6.52. The third-order valence-electron chi connectivity index (χ3n) is 5.62. The van der Waals surface area contributed by atoms with Gasteiger partial charge in [0.2, 0.25) is 5.91 Å². The predicted molar refractivity (Wildman–Crippen MR) is 96.3 cm³/mol. The summed E-state index contributed by atoms with van der Waals surface area (Å²) in [5, 5.41) is 3.35. The van der Waals surface area contributed by atoms with Crippen LogP contribution in [0.5, 0.6) is 11.5 Å². The monoisotopic (exact) mass is 344 g/mol. The van der Waals surface area contributed by atoms with Gasteiger partial charge < -0.3 is 19.7 Å². The lowest BCUT2D eigenvalue weighted by Gasteiger charge is -2.34. The molecule has 0 bridgehead atoms. The first-order valence-electron chi connectivity index (χ1n) is 9.56. The Labute approximate surface area is 149 Å². The molecular formula is C20H28N2O3. The van der Waals surface area contributed by atoms with Crippen molar-refractivity contribution in [2.24, 2.45) is 5.92 Å². The van der Waals surface area contributed by atoms with E-state index in [2.05, 4.69) is 31.3 Å². The quantitative estimate of drug-likeness (QED) is 0.911. The molecule has 1 N–H and O–H groups in total. The van der Waals surface area contributed by atoms with Crippen LogP contribution in [0.25, 0.3) is 0 Å². The fourth-order valence-electron chi connectivity index (χ4n) is 4.22. The Kier molecular flexibility index (Phi) is 4.36. The Morgan fingerprint density at radius 3 is 3.00 bits per heavy atom. The minimum absolute atomic E-state index is 0.0941. The average Bonchev–Trinajstić information content (AvgIpc) is 3.29. The van der Waals surface area contributed by atoms with Gasteiger partial charge in [-0.2, -0.15) is 0 Å². The first-order chi connectivity index (χ1) is 12.1. The van der Waals surface area contributed by atoms with Crippen molar-refractivity contribution in [3.8, 4) is 11.5 Å². The molecule has 5 heteroatoms. The van der Waals surface area contributed by atoms with Crippen molar-refractivity contribution in [2.45, 2.75) is 51.7 Å². The van der Waals surface area contributed by atoms with E-state index in [-0.39, 0.29) is 24.0 Å². The third kappa shape index (κ3) is 3.10. The van der Waals surface area contributed by atoms with E-state index in [0.29, 0.717) is 12.5 Å². The van der Waals surface area contributed by atoms with Crippen LogP contribution in [0.4, 0.5) is 0 Å². The average molecular weight is 344 g/mol. The number of carbonyl (C=O) groups is 1. The number of hydrogen-bond acceptors (Lipinski definition) is 4. The summed E-state index contributed by atoms with van der Waals surface area (Å²) in [5.41, 5.74) is 2.37. The molecule has 1 amide bonds. The summed E-state index contributed by atoms with van der Waals surface area (Å²) in [5.74, 6) is 2.57. The van der Waals surface area contributed by atoms with Crippen LogP contribution in [-0.4, -0.2) is 49.2 Å². The largest absolute Gasteiger partial charge is 0.494 e. The molecule has 4 rings (SSSR count). The Morgan fingerprint density at radius 2 is 2.24 bits per heavy atom. The molecule has 25 heavy (non-hydrogen) atoms. The third-order valence-corrected chi connectivity index (χ3v) is 5.62. The number of benzene rings is 1. The highest BCUT2D eigenvalue weighted by Gasteiger charge is 2.48. The number of nitrogens with one attached hydrogen (secondary N) is 1. The second-order valence-electron chi connectivity index (χ2n) is 7.60. The number of carbonyl (C=O) groups excluding carboxylic acids is 1. The van der Waals surface area contributed by atoms with Crippen LogP contribution in [0.3, 0.4) is 0 Å². The molecule has 1 aromatic rings. The van der Waals surface area contributed by atoms with Gasteiger partial charge in [0, 0.05) is 55.1 Å². The van der Waals surface area contributed by atoms with Crippen LogP contribution in [0.2, 0.25) is 0 Å². The van der Waals surface area contributed by atoms with Crippen LogP contribution in [0, 0.1) is 5.92 Å². The normalized spacial score (nSPS) is 30.6. The van der Waals surface area contributed by atoms with Crippen LogP contribution < -0.4 is 14.8 Å². The van der Waals surface area contributed by atoms with Gasteiger partial charge in [-0.3, -0.25) is 4.79 Å². The molecule has 1 aliphatic carbocycles. The Balaban J connectivity index is 1.54. The number of fused-ring (bicyclic) bond motifs is 1. The number of nitrogens with zero attached hydrogens (tertiary/aromatic N) is 1. The van der Waals surface area contributed by atoms with Crippen molar-refractivity contribution in [3.63, 3.8) is 0 Å². The van der Waals surface area contributed by atoms with E-state index in [1.165, 1.54) is 5.56 Å². The number of hydrogen-bond donors (Lipinski definition) is 1. The zero-order chi connectivity index (χ0) is 17.6. The minimum atomic E-state index is 0.0941. The minimum Gasteiger partial charge on any atom is -0.494 e. The van der Waals surface area contributed by atoms with Crippen LogP contribution in [0.1, 0.15) is 44.2 Å². The SMILES string of the molecule is CCOc1cc2c(cc1C1CC1C(=O)N1CCNC[C@H]1C)OC(C)C2. The maximum atomic E-state index is 12.9. The summed E-state index contributed by atoms with van der Waals surface area (Å²) in [7, 11) is 0. The lowest BCUT2D eigenvalue weighted by Crippen LogP contribution is -2.52. The van der Waals surface area contributed by atoms with E-state index in [1.807, 2.05) is 11.8 Å². The molecule has 1 aromatic carbocycles. The van der Waals surface area contributed by atoms with Gasteiger partial charge >= 0.3 is 0 Å². The fourth-order valence-corrected chi connectivity index (χ4v) is 4.22. The van der Waals surface area contributed by atoms with Gasteiger partial charge in [-0.25, -0.2) is 0 Å². The number of piperazine rings is 1. The summed E-state index contributed by atoms with van der Waals surface area (Å²) < 4.78 is 11.8. The highest BCUT2D eigenvalue weighted by Crippen LogP contribution is 2.53. The maximum absolute atomic E-state index is 12.9. The zero-order valence-electron chi connectivity index (χ0n) is 15.4. The van der Waals surface area contributed by atoms with Crippen LogP contribution in [-0.2, 0) is 11.2 Å². The molecule has 3 unspecified atom stereocenters. The summed E-state index contributed by atoms with van der Waals surface area (Å²) in [6.45, 7) is 9.45. The lowest BCUT2D eigenvalue weighted by molar-refractivity contribution is -0.135. The Bertz CT molecular complexity index is 675. The van der Waals surface area contributed by atoms with Crippen molar-refractivity contribution in [2.75, 3.05) is 26.2 Å². The highest BCUT2D eigenvalue weighted by molar-refractivity contribution is 5.83. The molecule has 2 fully saturated rings. The van der Waals surface area contributed by atoms with E-state index in [0.717, 1.165) is 49.5 Å². The first-order valence-corrected chi connectivity index (χ1v) is 9.56. The van der Waals surface area contributed by atoms with E-state index in [9.17, 15) is 4.79 Å². The van der Waals surface area contributed by atoms with Gasteiger partial charge in [0.05, 0.1) is 6.61 Å². The lowest BCUT2D eigenvalue weighted by atomic mass is 10.0. The van der Waals surface area contributed by atoms with E-state index >= 15 is 0 Å².